The third kappa shape index (κ3) is 3.24. The van der Waals surface area contributed by atoms with Gasteiger partial charge in [0.2, 0.25) is 0 Å². The molecule has 5 heteroatoms. The number of hydrogen-bond donors (Lipinski definition) is 0. The molecule has 84 valence electrons. The number of halogens is 1. The van der Waals surface area contributed by atoms with Gasteiger partial charge >= 0.3 is 5.97 Å². The maximum absolute atomic E-state index is 13.1. The van der Waals surface area contributed by atoms with Crippen LogP contribution in [-0.4, -0.2) is 19.7 Å². The standard InChI is InChI=1S/C11H10FNO3/c1-15-11(14)4-5-16-9-3-2-8(7-13)10(12)6-9/h2-3,6H,4-5H2,1H3. The fraction of sp³-hybridized carbons (Fsp3) is 0.273. The first kappa shape index (κ1) is 12.0. The van der Waals surface area contributed by atoms with E-state index in [1.165, 1.54) is 19.2 Å². The minimum atomic E-state index is -0.641. The number of rotatable bonds is 4. The Morgan fingerprint density at radius 1 is 1.56 bits per heavy atom. The number of methoxy groups -OCH3 is 1. The normalized spacial score (nSPS) is 9.31. The second-order valence-electron chi connectivity index (χ2n) is 2.93. The van der Waals surface area contributed by atoms with E-state index in [1.54, 1.807) is 6.07 Å². The van der Waals surface area contributed by atoms with Gasteiger partial charge in [0.1, 0.15) is 17.6 Å². The quantitative estimate of drug-likeness (QED) is 0.728. The van der Waals surface area contributed by atoms with Crippen LogP contribution in [0.25, 0.3) is 0 Å². The summed E-state index contributed by atoms with van der Waals surface area (Å²) in [6.07, 6.45) is 0.0954. The van der Waals surface area contributed by atoms with Crippen LogP contribution < -0.4 is 4.74 Å². The minimum Gasteiger partial charge on any atom is -0.493 e. The average molecular weight is 223 g/mol. The number of nitriles is 1. The van der Waals surface area contributed by atoms with Crippen molar-refractivity contribution in [3.8, 4) is 11.8 Å². The van der Waals surface area contributed by atoms with Crippen LogP contribution in [-0.2, 0) is 9.53 Å². The largest absolute Gasteiger partial charge is 0.493 e. The van der Waals surface area contributed by atoms with Gasteiger partial charge in [0.05, 0.1) is 25.7 Å². The van der Waals surface area contributed by atoms with Crippen molar-refractivity contribution in [3.05, 3.63) is 29.6 Å². The zero-order valence-corrected chi connectivity index (χ0v) is 8.70. The van der Waals surface area contributed by atoms with Gasteiger partial charge in [0.25, 0.3) is 0 Å². The summed E-state index contributed by atoms with van der Waals surface area (Å²) in [5.41, 5.74) is -0.0414. The molecule has 0 atom stereocenters. The molecule has 0 unspecified atom stereocenters. The van der Waals surface area contributed by atoms with Crippen LogP contribution in [0.15, 0.2) is 18.2 Å². The lowest BCUT2D eigenvalue weighted by Gasteiger charge is -2.05. The highest BCUT2D eigenvalue weighted by atomic mass is 19.1. The number of esters is 1. The molecule has 0 aliphatic rings. The van der Waals surface area contributed by atoms with Gasteiger partial charge in [-0.05, 0) is 12.1 Å². The Balaban J connectivity index is 2.53. The Labute approximate surface area is 92.2 Å². The number of carbonyl (C=O) groups excluding carboxylic acids is 1. The van der Waals surface area contributed by atoms with Crippen molar-refractivity contribution in [1.29, 1.82) is 5.26 Å². The Morgan fingerprint density at radius 2 is 2.31 bits per heavy atom. The van der Waals surface area contributed by atoms with E-state index in [1.807, 2.05) is 0 Å². The molecular formula is C11H10FNO3. The number of carbonyl (C=O) groups is 1. The van der Waals surface area contributed by atoms with Crippen molar-refractivity contribution in [3.63, 3.8) is 0 Å². The van der Waals surface area contributed by atoms with Gasteiger partial charge in [-0.3, -0.25) is 4.79 Å². The highest BCUT2D eigenvalue weighted by Crippen LogP contribution is 2.16. The lowest BCUT2D eigenvalue weighted by Crippen LogP contribution is -2.07. The summed E-state index contributed by atoms with van der Waals surface area (Å²) in [6, 6.07) is 5.60. The number of ether oxygens (including phenoxy) is 2. The molecule has 0 amide bonds. The fourth-order valence-corrected chi connectivity index (χ4v) is 1.03. The highest BCUT2D eigenvalue weighted by molar-refractivity contribution is 5.69. The maximum atomic E-state index is 13.1. The summed E-state index contributed by atoms with van der Waals surface area (Å²) in [6.45, 7) is 0.109. The highest BCUT2D eigenvalue weighted by Gasteiger charge is 2.04. The second-order valence-corrected chi connectivity index (χ2v) is 2.93. The van der Waals surface area contributed by atoms with Crippen molar-refractivity contribution in [2.45, 2.75) is 6.42 Å². The van der Waals surface area contributed by atoms with Crippen molar-refractivity contribution in [2.24, 2.45) is 0 Å². The number of hydrogen-bond acceptors (Lipinski definition) is 4. The van der Waals surface area contributed by atoms with Gasteiger partial charge in [-0.2, -0.15) is 5.26 Å². The van der Waals surface area contributed by atoms with Crippen LogP contribution in [0.1, 0.15) is 12.0 Å². The van der Waals surface area contributed by atoms with Crippen molar-refractivity contribution in [2.75, 3.05) is 13.7 Å². The van der Waals surface area contributed by atoms with E-state index in [0.717, 1.165) is 6.07 Å². The first-order valence-electron chi connectivity index (χ1n) is 4.56. The molecule has 4 nitrogen and oxygen atoms in total. The summed E-state index contributed by atoms with van der Waals surface area (Å²) in [4.78, 5) is 10.8. The summed E-state index contributed by atoms with van der Waals surface area (Å²) in [5, 5.41) is 8.50. The van der Waals surface area contributed by atoms with Crippen molar-refractivity contribution >= 4 is 5.97 Å². The SMILES string of the molecule is COC(=O)CCOc1ccc(C#N)c(F)c1. The van der Waals surface area contributed by atoms with Crippen LogP contribution in [0.3, 0.4) is 0 Å². The molecule has 1 rings (SSSR count). The van der Waals surface area contributed by atoms with E-state index in [2.05, 4.69) is 4.74 Å². The molecule has 0 N–H and O–H groups in total. The summed E-state index contributed by atoms with van der Waals surface area (Å²) in [7, 11) is 1.28. The molecule has 0 saturated carbocycles. The van der Waals surface area contributed by atoms with Crippen LogP contribution in [0.2, 0.25) is 0 Å². The lowest BCUT2D eigenvalue weighted by atomic mass is 10.2. The zero-order chi connectivity index (χ0) is 12.0. The first-order valence-corrected chi connectivity index (χ1v) is 4.56. The second kappa shape index (κ2) is 5.71. The van der Waals surface area contributed by atoms with Crippen LogP contribution in [0.5, 0.6) is 5.75 Å². The topological polar surface area (TPSA) is 59.3 Å². The van der Waals surface area contributed by atoms with E-state index in [-0.39, 0.29) is 24.3 Å². The molecule has 0 fully saturated rings. The van der Waals surface area contributed by atoms with Gasteiger partial charge in [-0.15, -0.1) is 0 Å². The van der Waals surface area contributed by atoms with Crippen LogP contribution in [0.4, 0.5) is 4.39 Å². The number of benzene rings is 1. The Morgan fingerprint density at radius 3 is 2.88 bits per heavy atom. The van der Waals surface area contributed by atoms with Gasteiger partial charge in [-0.1, -0.05) is 0 Å². The molecule has 0 saturated heterocycles. The average Bonchev–Trinajstić information content (AvgIpc) is 2.29. The first-order chi connectivity index (χ1) is 7.67. The molecular weight excluding hydrogens is 213 g/mol. The van der Waals surface area contributed by atoms with Gasteiger partial charge in [0, 0.05) is 6.07 Å². The Kier molecular flexibility index (Phi) is 4.28. The molecule has 0 heterocycles. The molecule has 0 aliphatic carbocycles. The molecule has 16 heavy (non-hydrogen) atoms. The molecule has 0 aliphatic heterocycles. The third-order valence-electron chi connectivity index (χ3n) is 1.86. The summed E-state index contributed by atoms with van der Waals surface area (Å²) in [5.74, 6) is -0.757. The predicted molar refractivity (Wildman–Crippen MR) is 53.2 cm³/mol. The summed E-state index contributed by atoms with van der Waals surface area (Å²) >= 11 is 0. The van der Waals surface area contributed by atoms with Crippen molar-refractivity contribution in [1.82, 2.24) is 0 Å². The lowest BCUT2D eigenvalue weighted by molar-refractivity contribution is -0.141. The molecule has 0 spiro atoms. The fourth-order valence-electron chi connectivity index (χ4n) is 1.03. The molecule has 0 radical (unpaired) electrons. The minimum absolute atomic E-state index is 0.0414. The van der Waals surface area contributed by atoms with E-state index < -0.39 is 11.8 Å². The predicted octanol–water partition coefficient (Wildman–Crippen LogP) is 1.64. The molecule has 1 aromatic carbocycles. The van der Waals surface area contributed by atoms with E-state index >= 15 is 0 Å². The molecule has 0 bridgehead atoms. The maximum Gasteiger partial charge on any atom is 0.308 e. The Hall–Kier alpha value is -2.09. The van der Waals surface area contributed by atoms with Crippen LogP contribution in [0, 0.1) is 17.1 Å². The number of nitrogens with zero attached hydrogens (tertiary/aromatic N) is 1. The van der Waals surface area contributed by atoms with Gasteiger partial charge in [0.15, 0.2) is 0 Å². The molecule has 0 aromatic heterocycles. The van der Waals surface area contributed by atoms with Crippen molar-refractivity contribution < 1.29 is 18.7 Å². The Bertz CT molecular complexity index is 426. The van der Waals surface area contributed by atoms with Crippen LogP contribution >= 0.6 is 0 Å². The summed E-state index contributed by atoms with van der Waals surface area (Å²) < 4.78 is 22.6. The van der Waals surface area contributed by atoms with Gasteiger partial charge < -0.3 is 9.47 Å². The smallest absolute Gasteiger partial charge is 0.308 e. The monoisotopic (exact) mass is 223 g/mol. The van der Waals surface area contributed by atoms with E-state index in [0.29, 0.717) is 0 Å². The van der Waals surface area contributed by atoms with E-state index in [9.17, 15) is 9.18 Å². The molecule has 1 aromatic rings. The zero-order valence-electron chi connectivity index (χ0n) is 8.70. The third-order valence-corrected chi connectivity index (χ3v) is 1.86. The van der Waals surface area contributed by atoms with Gasteiger partial charge in [-0.25, -0.2) is 4.39 Å². The van der Waals surface area contributed by atoms with E-state index in [4.69, 9.17) is 10.00 Å².